The van der Waals surface area contributed by atoms with Gasteiger partial charge in [0.25, 0.3) is 5.92 Å². The van der Waals surface area contributed by atoms with Crippen LogP contribution in [-0.4, -0.2) is 57.1 Å². The third-order valence-corrected chi connectivity index (χ3v) is 8.49. The van der Waals surface area contributed by atoms with Gasteiger partial charge in [-0.3, -0.25) is 4.90 Å². The lowest BCUT2D eigenvalue weighted by Gasteiger charge is -2.38. The fourth-order valence-corrected chi connectivity index (χ4v) is 6.03. The molecule has 48 heavy (non-hydrogen) atoms. The number of ether oxygens (including phenoxy) is 1. The highest BCUT2D eigenvalue weighted by atomic mass is 19.4. The largest absolute Gasteiger partial charge is 0.478 e. The maximum atomic E-state index is 15.2. The Balaban J connectivity index is 1.38. The number of hydrogen-bond acceptors (Lipinski definition) is 6. The number of hydrogen-bond donors (Lipinski definition) is 1. The van der Waals surface area contributed by atoms with Gasteiger partial charge < -0.3 is 14.7 Å². The first kappa shape index (κ1) is 32.8. The van der Waals surface area contributed by atoms with Gasteiger partial charge in [-0.15, -0.1) is 0 Å². The predicted molar refractivity (Wildman–Crippen MR) is 162 cm³/mol. The van der Waals surface area contributed by atoms with Gasteiger partial charge in [0.05, 0.1) is 42.5 Å². The Morgan fingerprint density at radius 3 is 2.40 bits per heavy atom. The summed E-state index contributed by atoms with van der Waals surface area (Å²) >= 11 is 0. The highest BCUT2D eigenvalue weighted by Gasteiger charge is 2.46. The van der Waals surface area contributed by atoms with E-state index in [1.807, 2.05) is 0 Å². The molecule has 0 saturated carbocycles. The van der Waals surface area contributed by atoms with E-state index in [9.17, 15) is 36.6 Å². The summed E-state index contributed by atoms with van der Waals surface area (Å²) in [4.78, 5) is 36.0. The number of carboxylic acids is 1. The number of benzene rings is 3. The summed E-state index contributed by atoms with van der Waals surface area (Å²) in [6, 6.07) is 11.1. The molecule has 3 aromatic carbocycles. The number of halogens is 6. The molecule has 4 aromatic rings. The normalized spacial score (nSPS) is 18.9. The second-order valence-electron chi connectivity index (χ2n) is 12.1. The molecule has 1 amide bonds. The van der Waals surface area contributed by atoms with E-state index < -0.39 is 60.8 Å². The molecule has 0 unspecified atom stereocenters. The summed E-state index contributed by atoms with van der Waals surface area (Å²) in [5.41, 5.74) is 1.66. The quantitative estimate of drug-likeness (QED) is 0.200. The van der Waals surface area contributed by atoms with E-state index in [1.54, 1.807) is 13.8 Å². The third-order valence-electron chi connectivity index (χ3n) is 8.49. The van der Waals surface area contributed by atoms with Gasteiger partial charge >= 0.3 is 18.2 Å². The Bertz CT molecular complexity index is 1940. The van der Waals surface area contributed by atoms with Gasteiger partial charge in [0.2, 0.25) is 5.95 Å². The summed E-state index contributed by atoms with van der Waals surface area (Å²) in [5.74, 6) is -4.68. The van der Waals surface area contributed by atoms with Crippen LogP contribution in [0, 0.1) is 19.7 Å². The molecule has 1 aromatic heterocycles. The number of nitrogens with zero attached hydrogens (tertiary/aromatic N) is 4. The zero-order chi connectivity index (χ0) is 34.7. The maximum Gasteiger partial charge on any atom is 0.416 e. The van der Waals surface area contributed by atoms with Crippen LogP contribution in [0.15, 0.2) is 60.8 Å². The number of cyclic esters (lactones) is 1. The van der Waals surface area contributed by atoms with E-state index in [4.69, 9.17) is 4.74 Å². The van der Waals surface area contributed by atoms with Crippen molar-refractivity contribution in [1.82, 2.24) is 14.9 Å². The smallest absolute Gasteiger partial charge is 0.416 e. The Labute approximate surface area is 270 Å². The summed E-state index contributed by atoms with van der Waals surface area (Å²) in [7, 11) is 0. The number of carboxylic acid groups (broad SMARTS) is 1. The molecule has 2 atom stereocenters. The third kappa shape index (κ3) is 6.26. The topological polar surface area (TPSA) is 95.9 Å². The zero-order valence-corrected chi connectivity index (χ0v) is 25.8. The molecule has 2 aliphatic rings. The molecule has 8 nitrogen and oxygen atoms in total. The minimum Gasteiger partial charge on any atom is -0.478 e. The zero-order valence-electron chi connectivity index (χ0n) is 25.8. The van der Waals surface area contributed by atoms with Crippen molar-refractivity contribution in [2.75, 3.05) is 18.0 Å². The average Bonchev–Trinajstić information content (AvgIpc) is 3.28. The first-order chi connectivity index (χ1) is 22.5. The summed E-state index contributed by atoms with van der Waals surface area (Å²) in [6.45, 7) is 3.30. The lowest BCUT2D eigenvalue weighted by Crippen LogP contribution is -2.57. The van der Waals surface area contributed by atoms with E-state index in [0.717, 1.165) is 12.1 Å². The molecule has 0 radical (unpaired) electrons. The van der Waals surface area contributed by atoms with Crippen molar-refractivity contribution in [2.24, 2.45) is 0 Å². The molecule has 3 heterocycles. The molecular formula is C34H28F6N4O4. The Morgan fingerprint density at radius 1 is 1.02 bits per heavy atom. The van der Waals surface area contributed by atoms with Crippen molar-refractivity contribution < 1.29 is 45.8 Å². The first-order valence-corrected chi connectivity index (χ1v) is 14.8. The van der Waals surface area contributed by atoms with E-state index in [2.05, 4.69) is 9.97 Å². The molecule has 1 N–H and O–H groups in total. The Hall–Kier alpha value is -5.14. The molecule has 2 aliphatic heterocycles. The highest BCUT2D eigenvalue weighted by Crippen LogP contribution is 2.40. The van der Waals surface area contributed by atoms with Crippen molar-refractivity contribution in [2.45, 2.75) is 51.6 Å². The Kier molecular flexibility index (Phi) is 8.08. The van der Waals surface area contributed by atoms with Crippen LogP contribution in [-0.2, 0) is 17.5 Å². The van der Waals surface area contributed by atoms with Crippen LogP contribution in [0.1, 0.15) is 51.3 Å². The van der Waals surface area contributed by atoms with Crippen LogP contribution in [0.3, 0.4) is 0 Å². The van der Waals surface area contributed by atoms with Gasteiger partial charge in [-0.1, -0.05) is 23.8 Å². The predicted octanol–water partition coefficient (Wildman–Crippen LogP) is 7.82. The Morgan fingerprint density at radius 2 is 1.75 bits per heavy atom. The maximum absolute atomic E-state index is 15.2. The van der Waals surface area contributed by atoms with Crippen molar-refractivity contribution in [1.29, 1.82) is 0 Å². The number of rotatable bonds is 7. The number of amides is 1. The standard InChI is InChI=1S/C34H28F6N4O4/c1-17-8-22(11-23(9-17)34(38,39)40)29-19(3)44(32(47)48-29)14-28-26(13-41-31(42-28)43-15-33(36,37)16-43)20-5-7-27(35)25(12-20)24-6-4-21(30(45)46)10-18(24)2/h4-13,19,29H,14-16H2,1-3H3,(H,45,46)/t19-,29-/m0/s1. The van der Waals surface area contributed by atoms with Gasteiger partial charge in [0.15, 0.2) is 0 Å². The van der Waals surface area contributed by atoms with Gasteiger partial charge in [-0.2, -0.15) is 13.2 Å². The number of aromatic nitrogens is 2. The lowest BCUT2D eigenvalue weighted by atomic mass is 9.94. The molecule has 14 heteroatoms. The highest BCUT2D eigenvalue weighted by molar-refractivity contribution is 5.89. The van der Waals surface area contributed by atoms with E-state index in [-0.39, 0.29) is 34.9 Å². The molecule has 6 rings (SSSR count). The monoisotopic (exact) mass is 670 g/mol. The van der Waals surface area contributed by atoms with Crippen molar-refractivity contribution in [3.05, 3.63) is 100 Å². The molecule has 0 aliphatic carbocycles. The minimum absolute atomic E-state index is 0.0209. The number of aromatic carboxylic acids is 1. The van der Waals surface area contributed by atoms with Crippen molar-refractivity contribution >= 4 is 18.0 Å². The van der Waals surface area contributed by atoms with E-state index in [0.29, 0.717) is 27.8 Å². The number of aryl methyl sites for hydroxylation is 2. The molecule has 0 spiro atoms. The molecule has 0 bridgehead atoms. The van der Waals surface area contributed by atoms with Gasteiger partial charge in [-0.25, -0.2) is 32.7 Å². The molecule has 2 saturated heterocycles. The van der Waals surface area contributed by atoms with E-state index in [1.165, 1.54) is 65.4 Å². The summed E-state index contributed by atoms with van der Waals surface area (Å²) < 4.78 is 88.9. The molecular weight excluding hydrogens is 642 g/mol. The second-order valence-corrected chi connectivity index (χ2v) is 12.1. The number of carbonyl (C=O) groups excluding carboxylic acids is 1. The van der Waals surface area contributed by atoms with E-state index >= 15 is 4.39 Å². The van der Waals surface area contributed by atoms with Crippen LogP contribution < -0.4 is 4.90 Å². The van der Waals surface area contributed by atoms with Crippen LogP contribution in [0.5, 0.6) is 0 Å². The second kappa shape index (κ2) is 11.8. The van der Waals surface area contributed by atoms with Gasteiger partial charge in [0.1, 0.15) is 11.9 Å². The van der Waals surface area contributed by atoms with Gasteiger partial charge in [-0.05, 0) is 79.4 Å². The SMILES string of the molecule is Cc1cc([C@H]2OC(=O)N(Cc3nc(N4CC(F)(F)C4)ncc3-c3ccc(F)c(-c4ccc(C(=O)O)cc4C)c3)[C@H]2C)cc(C(F)(F)F)c1. The average molecular weight is 671 g/mol. The number of alkyl halides is 5. The fourth-order valence-electron chi connectivity index (χ4n) is 6.03. The summed E-state index contributed by atoms with van der Waals surface area (Å²) in [6.07, 6.45) is -5.10. The van der Waals surface area contributed by atoms with Crippen LogP contribution in [0.4, 0.5) is 37.1 Å². The first-order valence-electron chi connectivity index (χ1n) is 14.8. The molecule has 2 fully saturated rings. The van der Waals surface area contributed by atoms with Crippen LogP contribution in [0.2, 0.25) is 0 Å². The van der Waals surface area contributed by atoms with Crippen molar-refractivity contribution in [3.8, 4) is 22.3 Å². The van der Waals surface area contributed by atoms with Crippen LogP contribution >= 0.6 is 0 Å². The number of carbonyl (C=O) groups is 2. The van der Waals surface area contributed by atoms with Crippen molar-refractivity contribution in [3.63, 3.8) is 0 Å². The van der Waals surface area contributed by atoms with Gasteiger partial charge in [0, 0.05) is 17.3 Å². The van der Waals surface area contributed by atoms with Crippen LogP contribution in [0.25, 0.3) is 22.3 Å². The fraction of sp³-hybridized carbons (Fsp3) is 0.294. The number of anilines is 1. The summed E-state index contributed by atoms with van der Waals surface area (Å²) in [5, 5.41) is 9.34. The lowest BCUT2D eigenvalue weighted by molar-refractivity contribution is -0.137. The minimum atomic E-state index is -4.61. The molecule has 250 valence electrons.